The zero-order valence-electron chi connectivity index (χ0n) is 24.7. The minimum Gasteiger partial charge on any atom is -0.376 e. The number of nitrogens with one attached hydrogen (secondary N) is 2. The summed E-state index contributed by atoms with van der Waals surface area (Å²) < 4.78 is 0. The largest absolute Gasteiger partial charge is 0.376 e. The molecular formula is C33H51N3O. The second-order valence-corrected chi connectivity index (χ2v) is 14.2. The van der Waals surface area contributed by atoms with E-state index < -0.39 is 0 Å². The van der Waals surface area contributed by atoms with Crippen LogP contribution in [0, 0.1) is 23.7 Å². The predicted molar refractivity (Wildman–Crippen MR) is 157 cm³/mol. The summed E-state index contributed by atoms with van der Waals surface area (Å²) in [7, 11) is 0. The van der Waals surface area contributed by atoms with Gasteiger partial charge in [-0.1, -0.05) is 67.9 Å². The quantitative estimate of drug-likeness (QED) is 0.401. The summed E-state index contributed by atoms with van der Waals surface area (Å²) in [5.41, 5.74) is 4.28. The number of hydrogen-bond donors (Lipinski definition) is 2. The zero-order chi connectivity index (χ0) is 27.0. The molecule has 2 saturated carbocycles. The van der Waals surface area contributed by atoms with Gasteiger partial charge in [0.15, 0.2) is 0 Å². The normalized spacial score (nSPS) is 25.4. The number of anilines is 1. The number of nitrogens with zero attached hydrogens (tertiary/aromatic N) is 1. The fourth-order valence-electron chi connectivity index (χ4n) is 6.36. The van der Waals surface area contributed by atoms with E-state index in [4.69, 9.17) is 4.98 Å². The van der Waals surface area contributed by atoms with Crippen molar-refractivity contribution in [3.05, 3.63) is 35.5 Å². The monoisotopic (exact) mass is 505 g/mol. The van der Waals surface area contributed by atoms with Gasteiger partial charge in [-0.3, -0.25) is 9.78 Å². The lowest BCUT2D eigenvalue weighted by molar-refractivity contribution is -0.121. The highest BCUT2D eigenvalue weighted by Crippen LogP contribution is 2.44. The van der Waals surface area contributed by atoms with Gasteiger partial charge >= 0.3 is 0 Å². The average Bonchev–Trinajstić information content (AvgIpc) is 2.82. The third-order valence-corrected chi connectivity index (χ3v) is 9.35. The van der Waals surface area contributed by atoms with E-state index in [0.29, 0.717) is 12.6 Å². The third kappa shape index (κ3) is 6.67. The maximum Gasteiger partial charge on any atom is 0.239 e. The molecule has 1 aromatic heterocycles. The van der Waals surface area contributed by atoms with Crippen LogP contribution in [0.4, 0.5) is 5.69 Å². The number of carbonyl (C=O) groups excluding carboxylic acids is 1. The number of hydrogen-bond acceptors (Lipinski definition) is 3. The SMILES string of the molecule is CCC(C)C1CCC(C2CC(NC(=O)CNc3cc(C(C)(C)C)nc4ccc(C(C)(C)C)cc34)C2)CC1. The molecule has 0 aliphatic heterocycles. The minimum atomic E-state index is -0.0652. The summed E-state index contributed by atoms with van der Waals surface area (Å²) in [5, 5.41) is 7.87. The summed E-state index contributed by atoms with van der Waals surface area (Å²) in [4.78, 5) is 17.9. The maximum absolute atomic E-state index is 12.9. The van der Waals surface area contributed by atoms with Crippen LogP contribution in [0.5, 0.6) is 0 Å². The second-order valence-electron chi connectivity index (χ2n) is 14.2. The van der Waals surface area contributed by atoms with Crippen LogP contribution in [0.2, 0.25) is 0 Å². The van der Waals surface area contributed by atoms with Crippen LogP contribution in [0.1, 0.15) is 112 Å². The molecule has 204 valence electrons. The van der Waals surface area contributed by atoms with Crippen LogP contribution >= 0.6 is 0 Å². The molecule has 1 aromatic carbocycles. The lowest BCUT2D eigenvalue weighted by Crippen LogP contribution is -2.48. The predicted octanol–water partition coefficient (Wildman–Crippen LogP) is 7.99. The lowest BCUT2D eigenvalue weighted by atomic mass is 9.64. The smallest absolute Gasteiger partial charge is 0.239 e. The van der Waals surface area contributed by atoms with Gasteiger partial charge in [-0.05, 0) is 91.4 Å². The summed E-state index contributed by atoms with van der Waals surface area (Å²) in [5.74, 6) is 3.59. The fraction of sp³-hybridized carbons (Fsp3) is 0.697. The number of rotatable bonds is 7. The van der Waals surface area contributed by atoms with Gasteiger partial charge in [0.1, 0.15) is 0 Å². The molecule has 4 nitrogen and oxygen atoms in total. The Kier molecular flexibility index (Phi) is 8.26. The molecular weight excluding hydrogens is 454 g/mol. The highest BCUT2D eigenvalue weighted by Gasteiger charge is 2.38. The number of amides is 1. The van der Waals surface area contributed by atoms with Crippen molar-refractivity contribution in [1.82, 2.24) is 10.3 Å². The Hall–Kier alpha value is -2.10. The van der Waals surface area contributed by atoms with E-state index in [2.05, 4.69) is 90.3 Å². The van der Waals surface area contributed by atoms with E-state index in [9.17, 15) is 4.79 Å². The maximum atomic E-state index is 12.9. The average molecular weight is 506 g/mol. The van der Waals surface area contributed by atoms with E-state index in [-0.39, 0.29) is 16.7 Å². The summed E-state index contributed by atoms with van der Waals surface area (Å²) in [6, 6.07) is 9.03. The lowest BCUT2D eigenvalue weighted by Gasteiger charge is -2.44. The Labute approximate surface area is 225 Å². The van der Waals surface area contributed by atoms with Crippen molar-refractivity contribution in [2.45, 2.75) is 117 Å². The van der Waals surface area contributed by atoms with Crippen molar-refractivity contribution in [3.63, 3.8) is 0 Å². The van der Waals surface area contributed by atoms with Gasteiger partial charge < -0.3 is 10.6 Å². The van der Waals surface area contributed by atoms with Crippen LogP contribution in [0.15, 0.2) is 24.3 Å². The highest BCUT2D eigenvalue weighted by molar-refractivity contribution is 5.94. The van der Waals surface area contributed by atoms with Gasteiger partial charge in [0, 0.05) is 28.2 Å². The van der Waals surface area contributed by atoms with Crippen LogP contribution in [-0.2, 0) is 15.6 Å². The summed E-state index contributed by atoms with van der Waals surface area (Å²) >= 11 is 0. The fourth-order valence-corrected chi connectivity index (χ4v) is 6.36. The molecule has 2 aliphatic rings. The van der Waals surface area contributed by atoms with Gasteiger partial charge in [-0.2, -0.15) is 0 Å². The van der Waals surface area contributed by atoms with E-state index in [1.807, 2.05) is 0 Å². The molecule has 2 N–H and O–H groups in total. The number of pyridine rings is 1. The van der Waals surface area contributed by atoms with Crippen molar-refractivity contribution in [1.29, 1.82) is 0 Å². The molecule has 2 aromatic rings. The molecule has 0 radical (unpaired) electrons. The zero-order valence-corrected chi connectivity index (χ0v) is 24.7. The van der Waals surface area contributed by atoms with Gasteiger partial charge in [0.2, 0.25) is 5.91 Å². The van der Waals surface area contributed by atoms with Crippen molar-refractivity contribution in [2.24, 2.45) is 23.7 Å². The molecule has 0 saturated heterocycles. The van der Waals surface area contributed by atoms with Crippen LogP contribution in [0.3, 0.4) is 0 Å². The summed E-state index contributed by atoms with van der Waals surface area (Å²) in [6.45, 7) is 18.3. The minimum absolute atomic E-state index is 0.0553. The van der Waals surface area contributed by atoms with Crippen LogP contribution < -0.4 is 10.6 Å². The van der Waals surface area contributed by atoms with Crippen molar-refractivity contribution < 1.29 is 4.79 Å². The Morgan fingerprint density at radius 3 is 2.24 bits per heavy atom. The summed E-state index contributed by atoms with van der Waals surface area (Å²) in [6.07, 6.45) is 9.23. The van der Waals surface area contributed by atoms with Crippen molar-refractivity contribution in [3.8, 4) is 0 Å². The molecule has 1 atom stereocenters. The molecule has 0 bridgehead atoms. The number of benzene rings is 1. The van der Waals surface area contributed by atoms with E-state index in [1.165, 1.54) is 37.7 Å². The number of carbonyl (C=O) groups is 1. The second kappa shape index (κ2) is 10.9. The van der Waals surface area contributed by atoms with E-state index >= 15 is 0 Å². The van der Waals surface area contributed by atoms with E-state index in [0.717, 1.165) is 58.8 Å². The topological polar surface area (TPSA) is 54.0 Å². The molecule has 1 heterocycles. The Balaban J connectivity index is 1.35. The standard InChI is InChI=1S/C33H51N3O/c1-9-21(2)22-10-12-23(13-11-22)24-16-26(17-24)35-31(37)20-34-29-19-30(33(6,7)8)36-28-15-14-25(18-27(28)29)32(3,4)5/h14-15,18-19,21-24,26H,9-13,16-17,20H2,1-8H3,(H,34,36)(H,35,37). The van der Waals surface area contributed by atoms with Crippen LogP contribution in [-0.4, -0.2) is 23.5 Å². The molecule has 1 unspecified atom stereocenters. The first-order valence-electron chi connectivity index (χ1n) is 14.8. The first-order valence-corrected chi connectivity index (χ1v) is 14.8. The van der Waals surface area contributed by atoms with Gasteiger partial charge in [-0.25, -0.2) is 0 Å². The number of aromatic nitrogens is 1. The Bertz CT molecular complexity index is 1080. The molecule has 37 heavy (non-hydrogen) atoms. The molecule has 4 rings (SSSR count). The Morgan fingerprint density at radius 1 is 0.973 bits per heavy atom. The van der Waals surface area contributed by atoms with Crippen LogP contribution in [0.25, 0.3) is 10.9 Å². The number of fused-ring (bicyclic) bond motifs is 1. The molecule has 2 fully saturated rings. The highest BCUT2D eigenvalue weighted by atomic mass is 16.2. The molecule has 2 aliphatic carbocycles. The Morgan fingerprint density at radius 2 is 1.65 bits per heavy atom. The first-order chi connectivity index (χ1) is 17.3. The van der Waals surface area contributed by atoms with Gasteiger partial charge in [-0.15, -0.1) is 0 Å². The van der Waals surface area contributed by atoms with Crippen molar-refractivity contribution >= 4 is 22.5 Å². The third-order valence-electron chi connectivity index (χ3n) is 9.35. The van der Waals surface area contributed by atoms with Gasteiger partial charge in [0.05, 0.1) is 12.1 Å². The van der Waals surface area contributed by atoms with Gasteiger partial charge in [0.25, 0.3) is 0 Å². The molecule has 0 spiro atoms. The van der Waals surface area contributed by atoms with E-state index in [1.54, 1.807) is 0 Å². The molecule has 1 amide bonds. The van der Waals surface area contributed by atoms with Crippen molar-refractivity contribution in [2.75, 3.05) is 11.9 Å². The first kappa shape index (κ1) is 27.9. The molecule has 4 heteroatoms.